The lowest BCUT2D eigenvalue weighted by molar-refractivity contribution is 0.172. The van der Waals surface area contributed by atoms with Crippen molar-refractivity contribution in [3.63, 3.8) is 0 Å². The molecule has 0 bridgehead atoms. The fraction of sp³-hybridized carbons (Fsp3) is 0.214. The van der Waals surface area contributed by atoms with Crippen molar-refractivity contribution in [2.75, 3.05) is 13.2 Å². The Kier molecular flexibility index (Phi) is 3.15. The summed E-state index contributed by atoms with van der Waals surface area (Å²) >= 11 is 0. The molecule has 0 radical (unpaired) electrons. The summed E-state index contributed by atoms with van der Waals surface area (Å²) in [4.78, 5) is 16.7. The number of ether oxygens (including phenoxy) is 2. The molecular formula is C14H12N6O4. The first-order chi connectivity index (χ1) is 11.6. The van der Waals surface area contributed by atoms with E-state index in [9.17, 15) is 9.90 Å². The standard InChI is InChI=1S/C14H12N6O4/c1-6-12(21)16-14(19-17-6)20-18-11-7-4-9-10(24-3-2-23-9)5-8(7)15-13(11)22/h4-5,15,22H,2-3H2,1H3,(H,16,19,21). The SMILES string of the molecule is Cc1nnc(N=Nc2c(O)[nH]c3cc4c(cc23)OCCO4)[nH]c1=O. The Labute approximate surface area is 134 Å². The van der Waals surface area contributed by atoms with Crippen molar-refractivity contribution in [2.24, 2.45) is 10.2 Å². The van der Waals surface area contributed by atoms with Gasteiger partial charge in [0, 0.05) is 11.5 Å². The number of fused-ring (bicyclic) bond motifs is 2. The van der Waals surface area contributed by atoms with Gasteiger partial charge >= 0.3 is 0 Å². The van der Waals surface area contributed by atoms with Gasteiger partial charge in [0.05, 0.1) is 5.52 Å². The van der Waals surface area contributed by atoms with Gasteiger partial charge in [-0.05, 0) is 13.0 Å². The molecule has 0 fully saturated rings. The molecule has 0 aliphatic carbocycles. The van der Waals surface area contributed by atoms with Crippen LogP contribution in [0.15, 0.2) is 27.2 Å². The van der Waals surface area contributed by atoms with Gasteiger partial charge in [-0.1, -0.05) is 0 Å². The van der Waals surface area contributed by atoms with E-state index in [0.717, 1.165) is 0 Å². The van der Waals surface area contributed by atoms with Crippen LogP contribution in [0.25, 0.3) is 10.9 Å². The van der Waals surface area contributed by atoms with E-state index < -0.39 is 5.56 Å². The molecule has 24 heavy (non-hydrogen) atoms. The van der Waals surface area contributed by atoms with Gasteiger partial charge in [0.1, 0.15) is 18.9 Å². The maximum atomic E-state index is 11.5. The fourth-order valence-corrected chi connectivity index (χ4v) is 2.33. The summed E-state index contributed by atoms with van der Waals surface area (Å²) in [5.74, 6) is 0.926. The number of rotatable bonds is 2. The minimum atomic E-state index is -0.401. The molecule has 4 rings (SSSR count). The lowest BCUT2D eigenvalue weighted by atomic mass is 10.2. The lowest BCUT2D eigenvalue weighted by Crippen LogP contribution is -2.15. The van der Waals surface area contributed by atoms with Crippen molar-refractivity contribution in [1.82, 2.24) is 20.2 Å². The van der Waals surface area contributed by atoms with E-state index in [1.54, 1.807) is 12.1 Å². The monoisotopic (exact) mass is 328 g/mol. The van der Waals surface area contributed by atoms with Crippen molar-refractivity contribution < 1.29 is 14.6 Å². The van der Waals surface area contributed by atoms with Crippen molar-refractivity contribution in [3.05, 3.63) is 28.2 Å². The fourth-order valence-electron chi connectivity index (χ4n) is 2.33. The summed E-state index contributed by atoms with van der Waals surface area (Å²) in [5, 5.41) is 25.8. The largest absolute Gasteiger partial charge is 0.493 e. The number of aromatic nitrogens is 4. The van der Waals surface area contributed by atoms with E-state index in [1.807, 2.05) is 0 Å². The third-order valence-electron chi connectivity index (χ3n) is 3.51. The van der Waals surface area contributed by atoms with Crippen molar-refractivity contribution in [3.8, 4) is 17.4 Å². The van der Waals surface area contributed by atoms with Gasteiger partial charge < -0.3 is 19.6 Å². The van der Waals surface area contributed by atoms with Crippen molar-refractivity contribution in [1.29, 1.82) is 0 Å². The highest BCUT2D eigenvalue weighted by Gasteiger charge is 2.18. The Hall–Kier alpha value is -3.43. The van der Waals surface area contributed by atoms with E-state index in [1.165, 1.54) is 6.92 Å². The molecule has 10 nitrogen and oxygen atoms in total. The van der Waals surface area contributed by atoms with Gasteiger partial charge in [-0.2, -0.15) is 0 Å². The number of azo groups is 1. The predicted octanol–water partition coefficient (Wildman–Crippen LogP) is 1.85. The maximum Gasteiger partial charge on any atom is 0.274 e. The summed E-state index contributed by atoms with van der Waals surface area (Å²) in [7, 11) is 0. The molecule has 3 aromatic rings. The number of benzene rings is 1. The number of aryl methyl sites for hydroxylation is 1. The van der Waals surface area contributed by atoms with E-state index in [2.05, 4.69) is 30.4 Å². The summed E-state index contributed by atoms with van der Waals surface area (Å²) < 4.78 is 11.0. The van der Waals surface area contributed by atoms with Crippen LogP contribution in [0.3, 0.4) is 0 Å². The number of hydrogen-bond donors (Lipinski definition) is 3. The minimum Gasteiger partial charge on any atom is -0.493 e. The number of aromatic amines is 2. The van der Waals surface area contributed by atoms with E-state index in [0.29, 0.717) is 35.6 Å². The van der Waals surface area contributed by atoms with Crippen LogP contribution in [0.4, 0.5) is 11.6 Å². The molecule has 10 heteroatoms. The van der Waals surface area contributed by atoms with Crippen LogP contribution >= 0.6 is 0 Å². The van der Waals surface area contributed by atoms with Gasteiger partial charge in [-0.3, -0.25) is 9.78 Å². The maximum absolute atomic E-state index is 11.5. The minimum absolute atomic E-state index is 0.0584. The van der Waals surface area contributed by atoms with Gasteiger partial charge in [-0.25, -0.2) is 0 Å². The summed E-state index contributed by atoms with van der Waals surface area (Å²) in [6.07, 6.45) is 0. The molecule has 1 aromatic carbocycles. The molecule has 0 saturated carbocycles. The number of nitrogens with zero attached hydrogens (tertiary/aromatic N) is 4. The molecular weight excluding hydrogens is 316 g/mol. The second-order valence-corrected chi connectivity index (χ2v) is 5.13. The quantitative estimate of drug-likeness (QED) is 0.614. The number of nitrogens with one attached hydrogen (secondary N) is 2. The van der Waals surface area contributed by atoms with Crippen LogP contribution in [-0.4, -0.2) is 38.5 Å². The normalized spacial score (nSPS) is 13.7. The third-order valence-corrected chi connectivity index (χ3v) is 3.51. The molecule has 0 atom stereocenters. The van der Waals surface area contributed by atoms with Crippen LogP contribution in [0.2, 0.25) is 0 Å². The van der Waals surface area contributed by atoms with Crippen molar-refractivity contribution >= 4 is 22.5 Å². The topological polar surface area (TPSA) is 138 Å². The van der Waals surface area contributed by atoms with Gasteiger partial charge in [-0.15, -0.1) is 20.4 Å². The second-order valence-electron chi connectivity index (χ2n) is 5.13. The van der Waals surface area contributed by atoms with Gasteiger partial charge in [0.25, 0.3) is 11.5 Å². The molecule has 122 valence electrons. The highest BCUT2D eigenvalue weighted by atomic mass is 16.6. The summed E-state index contributed by atoms with van der Waals surface area (Å²) in [6.45, 7) is 2.45. The molecule has 0 saturated heterocycles. The van der Waals surface area contributed by atoms with Crippen LogP contribution in [0, 0.1) is 6.92 Å². The molecule has 1 aliphatic rings. The Morgan fingerprint density at radius 3 is 2.62 bits per heavy atom. The molecule has 1 aliphatic heterocycles. The highest BCUT2D eigenvalue weighted by molar-refractivity contribution is 5.96. The van der Waals surface area contributed by atoms with Crippen LogP contribution in [-0.2, 0) is 0 Å². The molecule has 2 aromatic heterocycles. The molecule has 0 unspecified atom stereocenters. The number of aromatic hydroxyl groups is 1. The zero-order chi connectivity index (χ0) is 16.7. The molecule has 0 spiro atoms. The smallest absolute Gasteiger partial charge is 0.274 e. The zero-order valence-electron chi connectivity index (χ0n) is 12.5. The van der Waals surface area contributed by atoms with Gasteiger partial charge in [0.2, 0.25) is 5.88 Å². The van der Waals surface area contributed by atoms with E-state index in [4.69, 9.17) is 9.47 Å². The van der Waals surface area contributed by atoms with E-state index >= 15 is 0 Å². The van der Waals surface area contributed by atoms with Crippen LogP contribution < -0.4 is 15.0 Å². The van der Waals surface area contributed by atoms with Crippen LogP contribution in [0.5, 0.6) is 17.4 Å². The second kappa shape index (κ2) is 5.33. The first-order valence-electron chi connectivity index (χ1n) is 7.11. The Balaban J connectivity index is 1.78. The molecule has 3 N–H and O–H groups in total. The van der Waals surface area contributed by atoms with E-state index in [-0.39, 0.29) is 23.2 Å². The average molecular weight is 328 g/mol. The number of H-pyrrole nitrogens is 2. The number of hydrogen-bond acceptors (Lipinski definition) is 8. The first-order valence-corrected chi connectivity index (χ1v) is 7.11. The van der Waals surface area contributed by atoms with Crippen LogP contribution in [0.1, 0.15) is 5.69 Å². The van der Waals surface area contributed by atoms with Gasteiger partial charge in [0.15, 0.2) is 17.2 Å². The lowest BCUT2D eigenvalue weighted by Gasteiger charge is -2.17. The summed E-state index contributed by atoms with van der Waals surface area (Å²) in [5.41, 5.74) is 0.647. The Morgan fingerprint density at radius 1 is 1.12 bits per heavy atom. The summed E-state index contributed by atoms with van der Waals surface area (Å²) in [6, 6.07) is 3.42. The van der Waals surface area contributed by atoms with Crippen molar-refractivity contribution in [2.45, 2.75) is 6.92 Å². The Bertz CT molecular complexity index is 1020. The Morgan fingerprint density at radius 2 is 1.88 bits per heavy atom. The first kappa shape index (κ1) is 14.2. The molecule has 0 amide bonds. The highest BCUT2D eigenvalue weighted by Crippen LogP contribution is 2.42. The average Bonchev–Trinajstić information content (AvgIpc) is 2.88. The molecule has 3 heterocycles. The third kappa shape index (κ3) is 2.33. The predicted molar refractivity (Wildman–Crippen MR) is 82.5 cm³/mol. The zero-order valence-corrected chi connectivity index (χ0v) is 12.5.